The summed E-state index contributed by atoms with van der Waals surface area (Å²) in [4.78, 5) is 3.89. The number of phenolic OH excluding ortho intramolecular Hbond substituents is 1. The molecule has 0 fully saturated rings. The Morgan fingerprint density at radius 1 is 1.25 bits per heavy atom. The van der Waals surface area contributed by atoms with E-state index in [0.29, 0.717) is 11.3 Å². The van der Waals surface area contributed by atoms with Crippen LogP contribution in [0.4, 0.5) is 0 Å². The fourth-order valence-electron chi connectivity index (χ4n) is 1.55. The molecule has 2 aromatic rings. The number of nitriles is 1. The number of phenols is 1. The maximum absolute atomic E-state index is 9.81. The minimum absolute atomic E-state index is 0.218. The number of benzene rings is 1. The van der Waals surface area contributed by atoms with Crippen LogP contribution in [0.2, 0.25) is 0 Å². The van der Waals surface area contributed by atoms with Crippen LogP contribution >= 0.6 is 0 Å². The van der Waals surface area contributed by atoms with Gasteiger partial charge in [-0.15, -0.1) is 0 Å². The van der Waals surface area contributed by atoms with Gasteiger partial charge in [0.15, 0.2) is 0 Å². The second kappa shape index (κ2) is 4.03. The van der Waals surface area contributed by atoms with Crippen LogP contribution in [0, 0.1) is 18.3 Å². The first kappa shape index (κ1) is 10.2. The largest absolute Gasteiger partial charge is 0.507 e. The monoisotopic (exact) mass is 210 g/mol. The van der Waals surface area contributed by atoms with E-state index in [9.17, 15) is 5.11 Å². The van der Waals surface area contributed by atoms with Gasteiger partial charge in [0.1, 0.15) is 17.5 Å². The van der Waals surface area contributed by atoms with Crippen molar-refractivity contribution in [1.29, 1.82) is 5.26 Å². The van der Waals surface area contributed by atoms with Gasteiger partial charge >= 0.3 is 0 Å². The molecule has 0 saturated heterocycles. The summed E-state index contributed by atoms with van der Waals surface area (Å²) in [5.74, 6) is 0.218. The Kier molecular flexibility index (Phi) is 2.57. The smallest absolute Gasteiger partial charge is 0.141 e. The molecule has 0 saturated carbocycles. The Balaban J connectivity index is 2.55. The second-order valence-corrected chi connectivity index (χ2v) is 3.56. The number of hydrogen-bond donors (Lipinski definition) is 1. The maximum Gasteiger partial charge on any atom is 0.141 e. The Morgan fingerprint density at radius 2 is 2.06 bits per heavy atom. The number of pyridine rings is 1. The number of aromatic hydroxyl groups is 1. The number of nitrogens with zero attached hydrogens (tertiary/aromatic N) is 2. The zero-order chi connectivity index (χ0) is 11.5. The van der Waals surface area contributed by atoms with Gasteiger partial charge in [-0.3, -0.25) is 0 Å². The molecule has 1 heterocycles. The second-order valence-electron chi connectivity index (χ2n) is 3.56. The molecule has 0 amide bonds. The lowest BCUT2D eigenvalue weighted by molar-refractivity contribution is 0.477. The van der Waals surface area contributed by atoms with Crippen molar-refractivity contribution in [2.75, 3.05) is 0 Å². The molecule has 16 heavy (non-hydrogen) atoms. The predicted molar refractivity (Wildman–Crippen MR) is 60.8 cm³/mol. The summed E-state index contributed by atoms with van der Waals surface area (Å²) >= 11 is 0. The topological polar surface area (TPSA) is 56.9 Å². The zero-order valence-electron chi connectivity index (χ0n) is 8.81. The molecule has 1 aromatic heterocycles. The molecule has 0 radical (unpaired) electrons. The third-order valence-corrected chi connectivity index (χ3v) is 2.34. The minimum atomic E-state index is 0.218. The lowest BCUT2D eigenvalue weighted by atomic mass is 10.0. The van der Waals surface area contributed by atoms with Crippen molar-refractivity contribution >= 4 is 0 Å². The standard InChI is InChI=1S/C13H10N2O/c1-9-2-3-12(13(16)6-9)10-4-5-15-11(7-10)8-14/h2-7,16H,1H3. The third kappa shape index (κ3) is 1.86. The first-order valence-corrected chi connectivity index (χ1v) is 4.87. The molecule has 0 aliphatic rings. The molecular formula is C13H10N2O. The average Bonchev–Trinajstić information content (AvgIpc) is 2.29. The summed E-state index contributed by atoms with van der Waals surface area (Å²) in [7, 11) is 0. The van der Waals surface area contributed by atoms with Crippen molar-refractivity contribution in [2.24, 2.45) is 0 Å². The van der Waals surface area contributed by atoms with Gasteiger partial charge in [0.2, 0.25) is 0 Å². The van der Waals surface area contributed by atoms with Gasteiger partial charge in [-0.25, -0.2) is 4.98 Å². The Labute approximate surface area is 93.6 Å². The van der Waals surface area contributed by atoms with E-state index in [1.807, 2.05) is 25.1 Å². The fourth-order valence-corrected chi connectivity index (χ4v) is 1.55. The van der Waals surface area contributed by atoms with Crippen LogP contribution in [0.1, 0.15) is 11.3 Å². The zero-order valence-corrected chi connectivity index (χ0v) is 8.81. The first-order chi connectivity index (χ1) is 7.70. The molecule has 2 rings (SSSR count). The van der Waals surface area contributed by atoms with Gasteiger partial charge in [0, 0.05) is 11.8 Å². The molecule has 1 aromatic carbocycles. The highest BCUT2D eigenvalue weighted by atomic mass is 16.3. The normalized spacial score (nSPS) is 9.75. The van der Waals surface area contributed by atoms with Crippen LogP contribution in [0.5, 0.6) is 5.75 Å². The summed E-state index contributed by atoms with van der Waals surface area (Å²) < 4.78 is 0. The number of aryl methyl sites for hydroxylation is 1. The lowest BCUT2D eigenvalue weighted by Gasteiger charge is -2.05. The summed E-state index contributed by atoms with van der Waals surface area (Å²) in [6.07, 6.45) is 1.56. The van der Waals surface area contributed by atoms with E-state index in [1.165, 1.54) is 0 Å². The lowest BCUT2D eigenvalue weighted by Crippen LogP contribution is -1.85. The molecule has 0 unspecified atom stereocenters. The van der Waals surface area contributed by atoms with Crippen LogP contribution in [0.3, 0.4) is 0 Å². The molecule has 3 heteroatoms. The summed E-state index contributed by atoms with van der Waals surface area (Å²) in [6, 6.07) is 10.9. The molecule has 1 N–H and O–H groups in total. The van der Waals surface area contributed by atoms with Crippen LogP contribution in [-0.2, 0) is 0 Å². The van der Waals surface area contributed by atoms with Crippen molar-refractivity contribution in [3.8, 4) is 22.9 Å². The van der Waals surface area contributed by atoms with E-state index in [0.717, 1.165) is 11.1 Å². The SMILES string of the molecule is Cc1ccc(-c2ccnc(C#N)c2)c(O)c1. The van der Waals surface area contributed by atoms with Crippen LogP contribution in [0.15, 0.2) is 36.5 Å². The number of rotatable bonds is 1. The van der Waals surface area contributed by atoms with E-state index in [-0.39, 0.29) is 5.75 Å². The summed E-state index contributed by atoms with van der Waals surface area (Å²) in [6.45, 7) is 1.91. The van der Waals surface area contributed by atoms with E-state index >= 15 is 0 Å². The van der Waals surface area contributed by atoms with Crippen molar-refractivity contribution in [1.82, 2.24) is 4.98 Å². The van der Waals surface area contributed by atoms with Gasteiger partial charge in [-0.2, -0.15) is 5.26 Å². The van der Waals surface area contributed by atoms with Gasteiger partial charge < -0.3 is 5.11 Å². The Hall–Kier alpha value is -2.34. The molecule has 0 aliphatic carbocycles. The molecule has 78 valence electrons. The van der Waals surface area contributed by atoms with Crippen molar-refractivity contribution in [3.63, 3.8) is 0 Å². The van der Waals surface area contributed by atoms with E-state index < -0.39 is 0 Å². The number of hydrogen-bond acceptors (Lipinski definition) is 3. The van der Waals surface area contributed by atoms with Gasteiger partial charge in [-0.1, -0.05) is 12.1 Å². The third-order valence-electron chi connectivity index (χ3n) is 2.34. The highest BCUT2D eigenvalue weighted by Gasteiger charge is 2.05. The van der Waals surface area contributed by atoms with Gasteiger partial charge in [0.05, 0.1) is 0 Å². The van der Waals surface area contributed by atoms with E-state index in [1.54, 1.807) is 24.4 Å². The quantitative estimate of drug-likeness (QED) is 0.787. The minimum Gasteiger partial charge on any atom is -0.507 e. The van der Waals surface area contributed by atoms with Crippen molar-refractivity contribution in [2.45, 2.75) is 6.92 Å². The average molecular weight is 210 g/mol. The van der Waals surface area contributed by atoms with Gasteiger partial charge in [0.25, 0.3) is 0 Å². The number of aromatic nitrogens is 1. The predicted octanol–water partition coefficient (Wildman–Crippen LogP) is 2.63. The Morgan fingerprint density at radius 3 is 2.75 bits per heavy atom. The Bertz CT molecular complexity index is 570. The summed E-state index contributed by atoms with van der Waals surface area (Å²) in [5, 5.41) is 18.6. The highest BCUT2D eigenvalue weighted by Crippen LogP contribution is 2.29. The molecule has 0 aliphatic heterocycles. The van der Waals surface area contributed by atoms with E-state index in [4.69, 9.17) is 5.26 Å². The van der Waals surface area contributed by atoms with Crippen molar-refractivity contribution < 1.29 is 5.11 Å². The highest BCUT2D eigenvalue weighted by molar-refractivity contribution is 5.70. The fraction of sp³-hybridized carbons (Fsp3) is 0.0769. The van der Waals surface area contributed by atoms with Gasteiger partial charge in [-0.05, 0) is 36.2 Å². The van der Waals surface area contributed by atoms with Crippen LogP contribution < -0.4 is 0 Å². The van der Waals surface area contributed by atoms with Crippen LogP contribution in [0.25, 0.3) is 11.1 Å². The first-order valence-electron chi connectivity index (χ1n) is 4.87. The molecule has 0 atom stereocenters. The molecule has 3 nitrogen and oxygen atoms in total. The summed E-state index contributed by atoms with van der Waals surface area (Å²) in [5.41, 5.74) is 2.85. The molecule has 0 spiro atoms. The van der Waals surface area contributed by atoms with Crippen molar-refractivity contribution in [3.05, 3.63) is 47.8 Å². The molecule has 0 bridgehead atoms. The van der Waals surface area contributed by atoms with E-state index in [2.05, 4.69) is 4.98 Å². The maximum atomic E-state index is 9.81. The van der Waals surface area contributed by atoms with Crippen LogP contribution in [-0.4, -0.2) is 10.1 Å². The molecular weight excluding hydrogens is 200 g/mol.